The van der Waals surface area contributed by atoms with Crippen molar-refractivity contribution >= 4 is 17.3 Å². The van der Waals surface area contributed by atoms with Crippen molar-refractivity contribution in [2.75, 3.05) is 5.32 Å². The highest BCUT2D eigenvalue weighted by Crippen LogP contribution is 2.23. The number of hydrogen-bond acceptors (Lipinski definition) is 1. The molecular weight excluding hydrogens is 302 g/mol. The summed E-state index contributed by atoms with van der Waals surface area (Å²) < 4.78 is 0. The maximum absolute atomic E-state index is 3.66. The molecule has 0 radical (unpaired) electrons. The number of nitrogens with one attached hydrogen (secondary N) is 1. The van der Waals surface area contributed by atoms with Crippen molar-refractivity contribution in [1.82, 2.24) is 0 Å². The molecule has 0 heterocycles. The fraction of sp³-hybridized carbons (Fsp3) is 0.0833. The van der Waals surface area contributed by atoms with Crippen LogP contribution in [0.1, 0.15) is 17.5 Å². The third-order valence-corrected chi connectivity index (χ3v) is 4.09. The minimum atomic E-state index is 0.317. The van der Waals surface area contributed by atoms with E-state index in [0.29, 0.717) is 6.04 Å². The smallest absolute Gasteiger partial charge is 0.0487 e. The second-order valence-electron chi connectivity index (χ2n) is 5.98. The second-order valence-corrected chi connectivity index (χ2v) is 5.98. The predicted octanol–water partition coefficient (Wildman–Crippen LogP) is 6.27. The summed E-state index contributed by atoms with van der Waals surface area (Å²) in [4.78, 5) is 0. The number of hydrogen-bond donors (Lipinski definition) is 1. The van der Waals surface area contributed by atoms with Gasteiger partial charge in [-0.2, -0.15) is 0 Å². The van der Waals surface area contributed by atoms with Crippen molar-refractivity contribution in [3.8, 4) is 0 Å². The molecule has 2 aromatic rings. The Kier molecular flexibility index (Phi) is 5.84. The van der Waals surface area contributed by atoms with Gasteiger partial charge >= 0.3 is 0 Å². The van der Waals surface area contributed by atoms with Gasteiger partial charge in [0.25, 0.3) is 0 Å². The van der Waals surface area contributed by atoms with Crippen LogP contribution in [0.4, 0.5) is 5.69 Å². The SMILES string of the molecule is C=C/C=C\C=C\c1ccc(NC2C=C(c3ccccc3)C=CC2)cc1. The van der Waals surface area contributed by atoms with Gasteiger partial charge in [0.15, 0.2) is 0 Å². The van der Waals surface area contributed by atoms with Gasteiger partial charge in [-0.15, -0.1) is 0 Å². The second kappa shape index (κ2) is 8.70. The molecule has 1 aliphatic rings. The lowest BCUT2D eigenvalue weighted by Gasteiger charge is -2.20. The van der Waals surface area contributed by atoms with E-state index < -0.39 is 0 Å². The van der Waals surface area contributed by atoms with Crippen LogP contribution >= 0.6 is 0 Å². The van der Waals surface area contributed by atoms with E-state index in [-0.39, 0.29) is 0 Å². The van der Waals surface area contributed by atoms with Crippen LogP contribution in [0.3, 0.4) is 0 Å². The summed E-state index contributed by atoms with van der Waals surface area (Å²) in [5, 5.41) is 3.61. The normalized spacial score (nSPS) is 17.0. The summed E-state index contributed by atoms with van der Waals surface area (Å²) in [6.07, 6.45) is 17.5. The summed E-state index contributed by atoms with van der Waals surface area (Å²) in [6.45, 7) is 3.66. The summed E-state index contributed by atoms with van der Waals surface area (Å²) in [5.74, 6) is 0. The third kappa shape index (κ3) is 4.95. The lowest BCUT2D eigenvalue weighted by Crippen LogP contribution is -2.18. The number of benzene rings is 2. The molecule has 1 aliphatic carbocycles. The molecular formula is C24H23N. The van der Waals surface area contributed by atoms with Gasteiger partial charge in [-0.25, -0.2) is 0 Å². The molecule has 0 saturated carbocycles. The summed E-state index contributed by atoms with van der Waals surface area (Å²) >= 11 is 0. The average molecular weight is 325 g/mol. The van der Waals surface area contributed by atoms with Crippen molar-refractivity contribution < 1.29 is 0 Å². The Bertz CT molecular complexity index is 805. The largest absolute Gasteiger partial charge is 0.378 e. The van der Waals surface area contributed by atoms with Gasteiger partial charge < -0.3 is 5.32 Å². The van der Waals surface area contributed by atoms with E-state index in [0.717, 1.165) is 12.1 Å². The molecule has 3 rings (SSSR count). The van der Waals surface area contributed by atoms with Crippen molar-refractivity contribution in [3.05, 3.63) is 115 Å². The first-order valence-electron chi connectivity index (χ1n) is 8.61. The van der Waals surface area contributed by atoms with Crippen LogP contribution in [-0.4, -0.2) is 6.04 Å². The first-order chi connectivity index (χ1) is 12.3. The van der Waals surface area contributed by atoms with Gasteiger partial charge in [0.2, 0.25) is 0 Å². The van der Waals surface area contributed by atoms with Crippen LogP contribution in [0.25, 0.3) is 11.6 Å². The first-order valence-corrected chi connectivity index (χ1v) is 8.61. The quantitative estimate of drug-likeness (QED) is 0.617. The molecule has 1 heteroatoms. The maximum Gasteiger partial charge on any atom is 0.0487 e. The van der Waals surface area contributed by atoms with Crippen LogP contribution in [0, 0.1) is 0 Å². The minimum absolute atomic E-state index is 0.317. The van der Waals surface area contributed by atoms with Gasteiger partial charge in [0, 0.05) is 11.7 Å². The van der Waals surface area contributed by atoms with Gasteiger partial charge in [0.1, 0.15) is 0 Å². The zero-order valence-electron chi connectivity index (χ0n) is 14.3. The fourth-order valence-corrected chi connectivity index (χ4v) is 2.82. The van der Waals surface area contributed by atoms with Crippen LogP contribution in [0.2, 0.25) is 0 Å². The Labute approximate surface area is 150 Å². The molecule has 0 amide bonds. The van der Waals surface area contributed by atoms with E-state index in [1.54, 1.807) is 6.08 Å². The van der Waals surface area contributed by atoms with Gasteiger partial charge in [-0.05, 0) is 35.3 Å². The summed E-state index contributed by atoms with van der Waals surface area (Å²) in [7, 11) is 0. The Morgan fingerprint density at radius 2 is 1.72 bits per heavy atom. The molecule has 25 heavy (non-hydrogen) atoms. The molecule has 0 aromatic heterocycles. The van der Waals surface area contributed by atoms with Crippen LogP contribution in [0.15, 0.2) is 104 Å². The molecule has 1 atom stereocenters. The van der Waals surface area contributed by atoms with Gasteiger partial charge in [-0.3, -0.25) is 0 Å². The topological polar surface area (TPSA) is 12.0 Å². The Balaban J connectivity index is 1.65. The Hall–Kier alpha value is -3.06. The number of anilines is 1. The van der Waals surface area contributed by atoms with E-state index in [1.807, 2.05) is 18.2 Å². The highest BCUT2D eigenvalue weighted by atomic mass is 14.9. The molecule has 124 valence electrons. The molecule has 1 nitrogen and oxygen atoms in total. The zero-order valence-corrected chi connectivity index (χ0v) is 14.3. The van der Waals surface area contributed by atoms with E-state index in [9.17, 15) is 0 Å². The molecule has 1 N–H and O–H groups in total. The van der Waals surface area contributed by atoms with Crippen molar-refractivity contribution in [2.45, 2.75) is 12.5 Å². The molecule has 0 aliphatic heterocycles. The highest BCUT2D eigenvalue weighted by Gasteiger charge is 2.10. The summed E-state index contributed by atoms with van der Waals surface area (Å²) in [5.41, 5.74) is 4.86. The predicted molar refractivity (Wildman–Crippen MR) is 110 cm³/mol. The molecule has 0 saturated heterocycles. The zero-order chi connectivity index (χ0) is 17.3. The first kappa shape index (κ1) is 16.8. The highest BCUT2D eigenvalue weighted by molar-refractivity contribution is 5.76. The fourth-order valence-electron chi connectivity index (χ4n) is 2.82. The van der Waals surface area contributed by atoms with Crippen molar-refractivity contribution in [2.24, 2.45) is 0 Å². The Morgan fingerprint density at radius 3 is 2.48 bits per heavy atom. The molecule has 1 unspecified atom stereocenters. The minimum Gasteiger partial charge on any atom is -0.378 e. The lowest BCUT2D eigenvalue weighted by atomic mass is 9.96. The molecule has 0 fully saturated rings. The third-order valence-electron chi connectivity index (χ3n) is 4.09. The van der Waals surface area contributed by atoms with E-state index in [4.69, 9.17) is 0 Å². The molecule has 0 bridgehead atoms. The number of allylic oxidation sites excluding steroid dienone is 6. The maximum atomic E-state index is 3.66. The average Bonchev–Trinajstić information content (AvgIpc) is 2.67. The standard InChI is InChI=1S/C24H23N/c1-2-3-4-6-10-20-15-17-23(18-16-20)25-24-14-9-13-22(19-24)21-11-7-5-8-12-21/h2-13,15-19,24-25H,1,14H2/b4-3-,10-6+. The van der Waals surface area contributed by atoms with Gasteiger partial charge in [0.05, 0.1) is 0 Å². The molecule has 0 spiro atoms. The Morgan fingerprint density at radius 1 is 0.920 bits per heavy atom. The van der Waals surface area contributed by atoms with E-state index >= 15 is 0 Å². The summed E-state index contributed by atoms with van der Waals surface area (Å²) in [6, 6.07) is 19.3. The monoisotopic (exact) mass is 325 g/mol. The number of rotatable bonds is 6. The molecule has 2 aromatic carbocycles. The van der Waals surface area contributed by atoms with Crippen LogP contribution in [0.5, 0.6) is 0 Å². The van der Waals surface area contributed by atoms with Crippen molar-refractivity contribution in [1.29, 1.82) is 0 Å². The van der Waals surface area contributed by atoms with E-state index in [1.165, 1.54) is 16.7 Å². The van der Waals surface area contributed by atoms with Gasteiger partial charge in [-0.1, -0.05) is 97.7 Å². The van der Waals surface area contributed by atoms with Crippen molar-refractivity contribution in [3.63, 3.8) is 0 Å². The van der Waals surface area contributed by atoms with Crippen LogP contribution < -0.4 is 5.32 Å². The lowest BCUT2D eigenvalue weighted by molar-refractivity contribution is 0.886. The van der Waals surface area contributed by atoms with Crippen LogP contribution in [-0.2, 0) is 0 Å². The van der Waals surface area contributed by atoms with E-state index in [2.05, 4.69) is 90.8 Å².